The lowest BCUT2D eigenvalue weighted by molar-refractivity contribution is -0.145. The van der Waals surface area contributed by atoms with Crippen LogP contribution >= 0.6 is 11.8 Å². The number of carboxylic acids is 1. The summed E-state index contributed by atoms with van der Waals surface area (Å²) in [5.74, 6) is -1.69. The Kier molecular flexibility index (Phi) is 4.04. The standard InChI is InChI=1S/C14H17FO3S/c1-19-12-10(16)6-5-9(11(12)15)14(13(17)18)7-3-2-4-8-14/h5-6,16H,2-4,7-8H2,1H3,(H,17,18). The molecule has 0 atom stereocenters. The number of thioether (sulfide) groups is 1. The van der Waals surface area contributed by atoms with Gasteiger partial charge >= 0.3 is 5.97 Å². The summed E-state index contributed by atoms with van der Waals surface area (Å²) in [4.78, 5) is 11.8. The second-order valence-electron chi connectivity index (χ2n) is 4.93. The van der Waals surface area contributed by atoms with Crippen molar-refractivity contribution in [2.24, 2.45) is 0 Å². The van der Waals surface area contributed by atoms with E-state index in [1.165, 1.54) is 12.1 Å². The largest absolute Gasteiger partial charge is 0.507 e. The minimum Gasteiger partial charge on any atom is -0.507 e. The van der Waals surface area contributed by atoms with Crippen LogP contribution in [0.5, 0.6) is 5.75 Å². The highest BCUT2D eigenvalue weighted by Gasteiger charge is 2.43. The monoisotopic (exact) mass is 284 g/mol. The molecule has 0 saturated heterocycles. The van der Waals surface area contributed by atoms with Crippen LogP contribution in [0.15, 0.2) is 17.0 Å². The minimum atomic E-state index is -1.14. The summed E-state index contributed by atoms with van der Waals surface area (Å²) in [6.45, 7) is 0. The van der Waals surface area contributed by atoms with Crippen LogP contribution in [0, 0.1) is 5.82 Å². The van der Waals surface area contributed by atoms with E-state index >= 15 is 0 Å². The average Bonchev–Trinajstić information content (AvgIpc) is 2.40. The van der Waals surface area contributed by atoms with Crippen LogP contribution in [0.2, 0.25) is 0 Å². The van der Waals surface area contributed by atoms with Crippen LogP contribution in [-0.4, -0.2) is 22.4 Å². The molecule has 1 saturated carbocycles. The number of phenolic OH excluding ortho intramolecular Hbond substituents is 1. The van der Waals surface area contributed by atoms with Crippen LogP contribution in [0.3, 0.4) is 0 Å². The Hall–Kier alpha value is -1.23. The maximum Gasteiger partial charge on any atom is 0.314 e. The summed E-state index contributed by atoms with van der Waals surface area (Å²) in [6.07, 6.45) is 5.15. The molecule has 0 unspecified atom stereocenters. The number of aromatic hydroxyl groups is 1. The molecule has 0 spiro atoms. The number of carboxylic acid groups (broad SMARTS) is 1. The van der Waals surface area contributed by atoms with Gasteiger partial charge in [-0.3, -0.25) is 4.79 Å². The van der Waals surface area contributed by atoms with E-state index in [9.17, 15) is 19.4 Å². The first kappa shape index (κ1) is 14.2. The number of rotatable bonds is 3. The van der Waals surface area contributed by atoms with Gasteiger partial charge in [-0.25, -0.2) is 4.39 Å². The highest BCUT2D eigenvalue weighted by Crippen LogP contribution is 2.44. The molecule has 2 rings (SSSR count). The van der Waals surface area contributed by atoms with E-state index in [-0.39, 0.29) is 16.2 Å². The zero-order valence-corrected chi connectivity index (χ0v) is 11.6. The van der Waals surface area contributed by atoms with Crippen molar-refractivity contribution in [2.45, 2.75) is 42.4 Å². The fraction of sp³-hybridized carbons (Fsp3) is 0.500. The third-order valence-electron chi connectivity index (χ3n) is 3.91. The van der Waals surface area contributed by atoms with E-state index in [1.54, 1.807) is 6.26 Å². The zero-order chi connectivity index (χ0) is 14.0. The van der Waals surface area contributed by atoms with E-state index in [1.807, 2.05) is 0 Å². The van der Waals surface area contributed by atoms with Crippen molar-refractivity contribution in [2.75, 3.05) is 6.26 Å². The summed E-state index contributed by atoms with van der Waals surface area (Å²) >= 11 is 1.09. The van der Waals surface area contributed by atoms with Crippen LogP contribution in [0.25, 0.3) is 0 Å². The average molecular weight is 284 g/mol. The van der Waals surface area contributed by atoms with Gasteiger partial charge in [0.05, 0.1) is 10.3 Å². The molecule has 1 aliphatic rings. The molecule has 1 aliphatic carbocycles. The molecular formula is C14H17FO3S. The molecule has 0 aromatic heterocycles. The fourth-order valence-electron chi connectivity index (χ4n) is 2.86. The lowest BCUT2D eigenvalue weighted by Crippen LogP contribution is -2.38. The topological polar surface area (TPSA) is 57.5 Å². The SMILES string of the molecule is CSc1c(O)ccc(C2(C(=O)O)CCCCC2)c1F. The van der Waals surface area contributed by atoms with E-state index in [2.05, 4.69) is 0 Å². The highest BCUT2D eigenvalue weighted by atomic mass is 32.2. The van der Waals surface area contributed by atoms with E-state index in [0.29, 0.717) is 12.8 Å². The fourth-order valence-corrected chi connectivity index (χ4v) is 3.43. The minimum absolute atomic E-state index is 0.128. The third-order valence-corrected chi connectivity index (χ3v) is 4.71. The quantitative estimate of drug-likeness (QED) is 0.834. The highest BCUT2D eigenvalue weighted by molar-refractivity contribution is 7.98. The van der Waals surface area contributed by atoms with Gasteiger partial charge in [-0.2, -0.15) is 0 Å². The molecular weight excluding hydrogens is 267 g/mol. The molecule has 5 heteroatoms. The van der Waals surface area contributed by atoms with Gasteiger partial charge in [0.2, 0.25) is 0 Å². The maximum absolute atomic E-state index is 14.5. The van der Waals surface area contributed by atoms with Crippen molar-refractivity contribution < 1.29 is 19.4 Å². The Morgan fingerprint density at radius 3 is 2.47 bits per heavy atom. The molecule has 1 aromatic carbocycles. The van der Waals surface area contributed by atoms with E-state index in [4.69, 9.17) is 0 Å². The number of hydrogen-bond donors (Lipinski definition) is 2. The van der Waals surface area contributed by atoms with Gasteiger partial charge < -0.3 is 10.2 Å². The van der Waals surface area contributed by atoms with Gasteiger partial charge in [0, 0.05) is 5.56 Å². The smallest absolute Gasteiger partial charge is 0.314 e. The molecule has 104 valence electrons. The second kappa shape index (κ2) is 5.41. The first-order valence-electron chi connectivity index (χ1n) is 6.32. The first-order valence-corrected chi connectivity index (χ1v) is 7.55. The molecule has 3 nitrogen and oxygen atoms in total. The Morgan fingerprint density at radius 1 is 1.32 bits per heavy atom. The van der Waals surface area contributed by atoms with Crippen molar-refractivity contribution >= 4 is 17.7 Å². The van der Waals surface area contributed by atoms with Gasteiger partial charge in [-0.15, -0.1) is 11.8 Å². The van der Waals surface area contributed by atoms with Crippen molar-refractivity contribution in [3.8, 4) is 5.75 Å². The van der Waals surface area contributed by atoms with Crippen molar-refractivity contribution in [1.82, 2.24) is 0 Å². The van der Waals surface area contributed by atoms with Gasteiger partial charge in [-0.05, 0) is 25.2 Å². The first-order chi connectivity index (χ1) is 9.03. The van der Waals surface area contributed by atoms with Crippen LogP contribution in [0.1, 0.15) is 37.7 Å². The lowest BCUT2D eigenvalue weighted by Gasteiger charge is -2.34. The Labute approximate surface area is 115 Å². The predicted octanol–water partition coefficient (Wildman–Crippen LogP) is 3.54. The molecule has 0 radical (unpaired) electrons. The number of carbonyl (C=O) groups is 1. The summed E-state index contributed by atoms with van der Waals surface area (Å²) in [5.41, 5.74) is -0.928. The second-order valence-corrected chi connectivity index (χ2v) is 5.74. The number of benzene rings is 1. The number of halogens is 1. The predicted molar refractivity (Wildman–Crippen MR) is 72.2 cm³/mol. The van der Waals surface area contributed by atoms with E-state index in [0.717, 1.165) is 31.0 Å². The number of hydrogen-bond acceptors (Lipinski definition) is 3. The number of phenols is 1. The van der Waals surface area contributed by atoms with Gasteiger partial charge in [0.25, 0.3) is 0 Å². The van der Waals surface area contributed by atoms with Crippen molar-refractivity contribution in [3.05, 3.63) is 23.5 Å². The molecule has 2 N–H and O–H groups in total. The van der Waals surface area contributed by atoms with Crippen LogP contribution < -0.4 is 0 Å². The molecule has 1 aromatic rings. The van der Waals surface area contributed by atoms with Gasteiger partial charge in [0.15, 0.2) is 0 Å². The lowest BCUT2D eigenvalue weighted by atomic mass is 9.69. The Balaban J connectivity index is 2.57. The summed E-state index contributed by atoms with van der Waals surface area (Å²) in [5, 5.41) is 19.2. The molecule has 0 bridgehead atoms. The Morgan fingerprint density at radius 2 is 1.95 bits per heavy atom. The van der Waals surface area contributed by atoms with Crippen molar-refractivity contribution in [1.29, 1.82) is 0 Å². The third kappa shape index (κ3) is 2.31. The molecule has 19 heavy (non-hydrogen) atoms. The van der Waals surface area contributed by atoms with Crippen LogP contribution in [0.4, 0.5) is 4.39 Å². The van der Waals surface area contributed by atoms with E-state index < -0.39 is 17.2 Å². The maximum atomic E-state index is 14.5. The molecule has 0 aliphatic heterocycles. The number of aliphatic carboxylic acids is 1. The van der Waals surface area contributed by atoms with Gasteiger partial charge in [-0.1, -0.05) is 25.3 Å². The normalized spacial score (nSPS) is 18.2. The zero-order valence-electron chi connectivity index (χ0n) is 10.8. The molecule has 0 heterocycles. The summed E-state index contributed by atoms with van der Waals surface area (Å²) in [7, 11) is 0. The molecule has 1 fully saturated rings. The van der Waals surface area contributed by atoms with Crippen molar-refractivity contribution in [3.63, 3.8) is 0 Å². The van der Waals surface area contributed by atoms with Gasteiger partial charge in [0.1, 0.15) is 11.6 Å². The van der Waals surface area contributed by atoms with Crippen LogP contribution in [-0.2, 0) is 10.2 Å². The Bertz CT molecular complexity index is 496. The molecule has 0 amide bonds. The summed E-state index contributed by atoms with van der Waals surface area (Å²) < 4.78 is 14.5. The summed E-state index contributed by atoms with van der Waals surface area (Å²) in [6, 6.07) is 2.81.